The minimum absolute atomic E-state index is 0.0550. The Hall–Kier alpha value is -1.36. The van der Waals surface area contributed by atoms with E-state index in [1.807, 2.05) is 24.3 Å². The maximum absolute atomic E-state index is 12.3. The molecule has 0 bridgehead atoms. The van der Waals surface area contributed by atoms with Gasteiger partial charge in [-0.1, -0.05) is 39.0 Å². The Bertz CT molecular complexity index is 644. The number of amides is 1. The number of hydrogen-bond acceptors (Lipinski definition) is 3. The van der Waals surface area contributed by atoms with Crippen molar-refractivity contribution >= 4 is 21.4 Å². The van der Waals surface area contributed by atoms with Gasteiger partial charge in [-0.25, -0.2) is 8.42 Å². The number of hydrogen-bond donors (Lipinski definition) is 1. The van der Waals surface area contributed by atoms with E-state index in [-0.39, 0.29) is 35.2 Å². The molecule has 0 aliphatic carbocycles. The second-order valence-electron chi connectivity index (χ2n) is 7.17. The van der Waals surface area contributed by atoms with Crippen molar-refractivity contribution in [2.75, 3.05) is 16.8 Å². The van der Waals surface area contributed by atoms with Crippen molar-refractivity contribution in [3.63, 3.8) is 0 Å². The molecule has 5 heteroatoms. The van der Waals surface area contributed by atoms with Crippen molar-refractivity contribution in [1.29, 1.82) is 0 Å². The maximum atomic E-state index is 12.3. The fourth-order valence-corrected chi connectivity index (χ4v) is 4.76. The number of carbonyl (C=O) groups is 1. The van der Waals surface area contributed by atoms with Crippen molar-refractivity contribution in [3.05, 3.63) is 29.8 Å². The first kappa shape index (κ1) is 17.0. The summed E-state index contributed by atoms with van der Waals surface area (Å²) in [6.07, 6.45) is 1.75. The molecule has 1 heterocycles. The van der Waals surface area contributed by atoms with E-state index in [1.165, 1.54) is 0 Å². The van der Waals surface area contributed by atoms with Gasteiger partial charge >= 0.3 is 0 Å². The lowest BCUT2D eigenvalue weighted by Crippen LogP contribution is -2.29. The van der Waals surface area contributed by atoms with Crippen molar-refractivity contribution < 1.29 is 13.2 Å². The van der Waals surface area contributed by atoms with E-state index in [0.29, 0.717) is 6.42 Å². The van der Waals surface area contributed by atoms with E-state index in [4.69, 9.17) is 0 Å². The number of rotatable bonds is 3. The van der Waals surface area contributed by atoms with Crippen LogP contribution in [0.2, 0.25) is 0 Å². The van der Waals surface area contributed by atoms with E-state index in [1.54, 1.807) is 0 Å². The number of benzene rings is 1. The van der Waals surface area contributed by atoms with Gasteiger partial charge in [0.25, 0.3) is 0 Å². The molecule has 1 aromatic carbocycles. The molecule has 1 unspecified atom stereocenters. The van der Waals surface area contributed by atoms with Crippen LogP contribution in [0.3, 0.4) is 0 Å². The Morgan fingerprint density at radius 1 is 1.27 bits per heavy atom. The monoisotopic (exact) mass is 323 g/mol. The summed E-state index contributed by atoms with van der Waals surface area (Å²) in [7, 11) is -2.96. The van der Waals surface area contributed by atoms with Crippen LogP contribution in [-0.4, -0.2) is 25.8 Å². The summed E-state index contributed by atoms with van der Waals surface area (Å²) in [5, 5.41) is 2.96. The topological polar surface area (TPSA) is 63.2 Å². The molecule has 1 fully saturated rings. The standard InChI is InChI=1S/C17H25NO3S/c1-17(2,3)14-8-4-5-9-15(14)18-16(19)11-13-7-6-10-22(20,21)12-13/h4-5,8-9,13H,6-7,10-12H2,1-3H3,(H,18,19). The van der Waals surface area contributed by atoms with Gasteiger partial charge in [-0.15, -0.1) is 0 Å². The summed E-state index contributed by atoms with van der Waals surface area (Å²) in [6, 6.07) is 7.77. The molecule has 1 aliphatic heterocycles. The van der Waals surface area contributed by atoms with E-state index >= 15 is 0 Å². The van der Waals surface area contributed by atoms with Gasteiger partial charge < -0.3 is 5.32 Å². The fraction of sp³-hybridized carbons (Fsp3) is 0.588. The number of nitrogens with one attached hydrogen (secondary N) is 1. The van der Waals surface area contributed by atoms with Gasteiger partial charge in [0.05, 0.1) is 11.5 Å². The highest BCUT2D eigenvalue weighted by molar-refractivity contribution is 7.91. The Kier molecular flexibility index (Phi) is 4.95. The highest BCUT2D eigenvalue weighted by atomic mass is 32.2. The van der Waals surface area contributed by atoms with Gasteiger partial charge in [-0.2, -0.15) is 0 Å². The zero-order valence-electron chi connectivity index (χ0n) is 13.6. The zero-order valence-corrected chi connectivity index (χ0v) is 14.4. The van der Waals surface area contributed by atoms with Crippen LogP contribution in [0.15, 0.2) is 24.3 Å². The molecule has 0 radical (unpaired) electrons. The largest absolute Gasteiger partial charge is 0.326 e. The van der Waals surface area contributed by atoms with Crippen LogP contribution in [-0.2, 0) is 20.0 Å². The van der Waals surface area contributed by atoms with E-state index < -0.39 is 9.84 Å². The first-order chi connectivity index (χ1) is 10.2. The predicted octanol–water partition coefficient (Wildman–Crippen LogP) is 3.14. The molecule has 1 aliphatic rings. The van der Waals surface area contributed by atoms with Gasteiger partial charge in [0, 0.05) is 12.1 Å². The molecule has 1 atom stereocenters. The third kappa shape index (κ3) is 4.57. The van der Waals surface area contributed by atoms with Crippen LogP contribution >= 0.6 is 0 Å². The highest BCUT2D eigenvalue weighted by Gasteiger charge is 2.27. The van der Waals surface area contributed by atoms with Crippen LogP contribution < -0.4 is 5.32 Å². The van der Waals surface area contributed by atoms with Gasteiger partial charge in [0.15, 0.2) is 9.84 Å². The van der Waals surface area contributed by atoms with Crippen molar-refractivity contribution in [1.82, 2.24) is 0 Å². The SMILES string of the molecule is CC(C)(C)c1ccccc1NC(=O)CC1CCCS(=O)(=O)C1. The molecule has 4 nitrogen and oxygen atoms in total. The number of anilines is 1. The first-order valence-corrected chi connectivity index (χ1v) is 9.59. The molecule has 1 amide bonds. The quantitative estimate of drug-likeness (QED) is 0.929. The Balaban J connectivity index is 2.04. The zero-order chi connectivity index (χ0) is 16.4. The van der Waals surface area contributed by atoms with Gasteiger partial charge in [0.1, 0.15) is 0 Å². The average Bonchev–Trinajstić information content (AvgIpc) is 2.36. The van der Waals surface area contributed by atoms with Crippen LogP contribution in [0.25, 0.3) is 0 Å². The molecule has 0 spiro atoms. The first-order valence-electron chi connectivity index (χ1n) is 7.77. The smallest absolute Gasteiger partial charge is 0.224 e. The van der Waals surface area contributed by atoms with Gasteiger partial charge in [-0.3, -0.25) is 4.79 Å². The summed E-state index contributed by atoms with van der Waals surface area (Å²) >= 11 is 0. The number of para-hydroxylation sites is 1. The van der Waals surface area contributed by atoms with Crippen molar-refractivity contribution in [3.8, 4) is 0 Å². The minimum Gasteiger partial charge on any atom is -0.326 e. The predicted molar refractivity (Wildman–Crippen MR) is 89.8 cm³/mol. The molecule has 0 aromatic heterocycles. The van der Waals surface area contributed by atoms with Gasteiger partial charge in [-0.05, 0) is 35.8 Å². The lowest BCUT2D eigenvalue weighted by molar-refractivity contribution is -0.117. The molecule has 1 aromatic rings. The summed E-state index contributed by atoms with van der Waals surface area (Å²) in [6.45, 7) is 6.31. The van der Waals surface area contributed by atoms with Crippen LogP contribution in [0.4, 0.5) is 5.69 Å². The highest BCUT2D eigenvalue weighted by Crippen LogP contribution is 2.30. The summed E-state index contributed by atoms with van der Waals surface area (Å²) < 4.78 is 23.3. The van der Waals surface area contributed by atoms with Crippen molar-refractivity contribution in [2.45, 2.75) is 45.4 Å². The minimum atomic E-state index is -2.96. The summed E-state index contributed by atoms with van der Waals surface area (Å²) in [4.78, 5) is 12.3. The molecule has 22 heavy (non-hydrogen) atoms. The molecule has 1 N–H and O–H groups in total. The molecular weight excluding hydrogens is 298 g/mol. The third-order valence-corrected chi connectivity index (χ3v) is 5.93. The molecular formula is C17H25NO3S. The Morgan fingerprint density at radius 2 is 1.95 bits per heavy atom. The summed E-state index contributed by atoms with van der Waals surface area (Å²) in [5.74, 6) is 0.249. The van der Waals surface area contributed by atoms with Gasteiger partial charge in [0.2, 0.25) is 5.91 Å². The number of carbonyl (C=O) groups excluding carboxylic acids is 1. The second kappa shape index (κ2) is 6.41. The van der Waals surface area contributed by atoms with E-state index in [9.17, 15) is 13.2 Å². The Labute approximate surface area is 133 Å². The van der Waals surface area contributed by atoms with E-state index in [2.05, 4.69) is 26.1 Å². The molecule has 0 saturated carbocycles. The molecule has 122 valence electrons. The normalized spacial score (nSPS) is 21.3. The van der Waals surface area contributed by atoms with Crippen LogP contribution in [0.1, 0.15) is 45.6 Å². The lowest BCUT2D eigenvalue weighted by atomic mass is 9.85. The third-order valence-electron chi connectivity index (χ3n) is 4.04. The Morgan fingerprint density at radius 3 is 2.59 bits per heavy atom. The van der Waals surface area contributed by atoms with E-state index in [0.717, 1.165) is 17.7 Å². The molecule has 2 rings (SSSR count). The maximum Gasteiger partial charge on any atom is 0.224 e. The lowest BCUT2D eigenvalue weighted by Gasteiger charge is -2.24. The van der Waals surface area contributed by atoms with Crippen LogP contribution in [0, 0.1) is 5.92 Å². The van der Waals surface area contributed by atoms with Crippen molar-refractivity contribution in [2.24, 2.45) is 5.92 Å². The average molecular weight is 323 g/mol. The fourth-order valence-electron chi connectivity index (χ4n) is 2.99. The summed E-state index contributed by atoms with van der Waals surface area (Å²) in [5.41, 5.74) is 1.84. The second-order valence-corrected chi connectivity index (χ2v) is 9.40. The molecule has 1 saturated heterocycles. The number of sulfone groups is 1. The van der Waals surface area contributed by atoms with Crippen LogP contribution in [0.5, 0.6) is 0 Å².